The van der Waals surface area contributed by atoms with Crippen LogP contribution in [0.15, 0.2) is 0 Å². The van der Waals surface area contributed by atoms with Crippen molar-refractivity contribution < 1.29 is 37.0 Å². The monoisotopic (exact) mass is 444 g/mol. The van der Waals surface area contributed by atoms with Crippen LogP contribution in [0.3, 0.4) is 0 Å². The minimum Gasteiger partial charge on any atom is -0.373 e. The maximum atomic E-state index is 12.1. The summed E-state index contributed by atoms with van der Waals surface area (Å²) in [5.41, 5.74) is 5.76. The molecular formula is C14H26N2O8P2S. The van der Waals surface area contributed by atoms with Gasteiger partial charge in [0, 0.05) is 6.42 Å². The van der Waals surface area contributed by atoms with Crippen LogP contribution in [-0.2, 0) is 43.9 Å². The van der Waals surface area contributed by atoms with Crippen LogP contribution >= 0.6 is 15.0 Å². The zero-order valence-electron chi connectivity index (χ0n) is 15.0. The summed E-state index contributed by atoms with van der Waals surface area (Å²) in [6, 6.07) is 1.87. The van der Waals surface area contributed by atoms with E-state index < -0.39 is 33.4 Å². The van der Waals surface area contributed by atoms with E-state index in [9.17, 15) is 9.46 Å². The summed E-state index contributed by atoms with van der Waals surface area (Å²) in [6.07, 6.45) is 0.383. The smallest absolute Gasteiger partial charge is 0.324 e. The molecule has 0 amide bonds. The molecule has 7 atom stereocenters. The van der Waals surface area contributed by atoms with E-state index in [4.69, 9.17) is 50.4 Å². The fourth-order valence-corrected chi connectivity index (χ4v) is 4.78. The number of nitriles is 1. The van der Waals surface area contributed by atoms with Crippen molar-refractivity contribution in [3.63, 3.8) is 0 Å². The summed E-state index contributed by atoms with van der Waals surface area (Å²) < 4.78 is 44.1. The van der Waals surface area contributed by atoms with E-state index in [2.05, 4.69) is 0 Å². The van der Waals surface area contributed by atoms with Crippen molar-refractivity contribution >= 4 is 26.8 Å². The molecule has 0 aliphatic carbocycles. The summed E-state index contributed by atoms with van der Waals surface area (Å²) in [5.74, 6) is 0. The Hall–Kier alpha value is 0.0500. The summed E-state index contributed by atoms with van der Waals surface area (Å²) in [5, 5.41) is 8.47. The maximum Gasteiger partial charge on any atom is 0.324 e. The lowest BCUT2D eigenvalue weighted by Crippen LogP contribution is -2.28. The predicted molar refractivity (Wildman–Crippen MR) is 99.5 cm³/mol. The van der Waals surface area contributed by atoms with Crippen LogP contribution < -0.4 is 5.73 Å². The Morgan fingerprint density at radius 3 is 2.81 bits per heavy atom. The summed E-state index contributed by atoms with van der Waals surface area (Å²) in [7, 11) is -2.77. The number of rotatable bonds is 11. The summed E-state index contributed by atoms with van der Waals surface area (Å²) >= 11 is 4.85. The van der Waals surface area contributed by atoms with Crippen LogP contribution in [0.4, 0.5) is 0 Å². The number of hydrogen-bond donors (Lipinski definition) is 2. The maximum absolute atomic E-state index is 12.1. The van der Waals surface area contributed by atoms with Gasteiger partial charge in [0.15, 0.2) is 0 Å². The van der Waals surface area contributed by atoms with Crippen molar-refractivity contribution in [1.82, 2.24) is 0 Å². The van der Waals surface area contributed by atoms with Gasteiger partial charge in [-0.3, -0.25) is 4.57 Å². The Bertz CT molecular complexity index is 592. The molecular weight excluding hydrogens is 418 g/mol. The first-order chi connectivity index (χ1) is 12.8. The van der Waals surface area contributed by atoms with Crippen LogP contribution in [0.5, 0.6) is 0 Å². The molecule has 2 unspecified atom stereocenters. The molecule has 2 rings (SSSR count). The van der Waals surface area contributed by atoms with Crippen molar-refractivity contribution in [1.29, 1.82) is 5.26 Å². The third kappa shape index (κ3) is 8.52. The molecule has 27 heavy (non-hydrogen) atoms. The molecule has 0 bridgehead atoms. The van der Waals surface area contributed by atoms with Gasteiger partial charge in [-0.1, -0.05) is 0 Å². The zero-order chi connectivity index (χ0) is 19.9. The number of nitrogens with two attached hydrogens (primary N) is 1. The van der Waals surface area contributed by atoms with Crippen molar-refractivity contribution in [2.24, 2.45) is 5.73 Å². The van der Waals surface area contributed by atoms with Crippen molar-refractivity contribution in [3.8, 4) is 6.07 Å². The molecule has 0 aromatic carbocycles. The second-order valence-corrected chi connectivity index (χ2v) is 10.2. The van der Waals surface area contributed by atoms with E-state index in [1.165, 1.54) is 0 Å². The van der Waals surface area contributed by atoms with Crippen molar-refractivity contribution in [2.45, 2.75) is 63.3 Å². The van der Waals surface area contributed by atoms with Gasteiger partial charge < -0.3 is 38.2 Å². The van der Waals surface area contributed by atoms with Gasteiger partial charge >= 0.3 is 15.0 Å². The van der Waals surface area contributed by atoms with Crippen molar-refractivity contribution in [2.75, 3.05) is 19.8 Å². The average molecular weight is 444 g/mol. The minimum absolute atomic E-state index is 0.0291. The number of hydrogen-bond acceptors (Lipinski definition) is 10. The third-order valence-corrected chi connectivity index (χ3v) is 6.57. The van der Waals surface area contributed by atoms with Crippen LogP contribution in [-0.4, -0.2) is 55.4 Å². The summed E-state index contributed by atoms with van der Waals surface area (Å²) in [4.78, 5) is 9.91. The second kappa shape index (κ2) is 11.3. The fourth-order valence-electron chi connectivity index (χ4n) is 2.76. The molecule has 2 aliphatic rings. The lowest BCUT2D eigenvalue weighted by atomic mass is 10.2. The molecule has 0 saturated carbocycles. The zero-order valence-corrected chi connectivity index (χ0v) is 17.7. The molecule has 3 N–H and O–H groups in total. The van der Waals surface area contributed by atoms with Gasteiger partial charge in [0.05, 0.1) is 50.6 Å². The molecule has 2 fully saturated rings. The summed E-state index contributed by atoms with van der Waals surface area (Å²) in [6.45, 7) is -1.49. The van der Waals surface area contributed by atoms with Crippen LogP contribution in [0.2, 0.25) is 0 Å². The highest BCUT2D eigenvalue weighted by Gasteiger charge is 2.37. The van der Waals surface area contributed by atoms with Gasteiger partial charge in [-0.25, -0.2) is 0 Å². The number of ether oxygens (including phenoxy) is 2. The Balaban J connectivity index is 1.74. The first-order valence-corrected chi connectivity index (χ1v) is 12.5. The highest BCUT2D eigenvalue weighted by Crippen LogP contribution is 2.45. The van der Waals surface area contributed by atoms with E-state index in [1.54, 1.807) is 0 Å². The Morgan fingerprint density at radius 1 is 1.37 bits per heavy atom. The minimum atomic E-state index is -3.50. The van der Waals surface area contributed by atoms with E-state index in [-0.39, 0.29) is 38.4 Å². The average Bonchev–Trinajstić information content (AvgIpc) is 3.16. The van der Waals surface area contributed by atoms with Gasteiger partial charge in [-0.05, 0) is 31.6 Å². The van der Waals surface area contributed by atoms with Crippen LogP contribution in [0, 0.1) is 11.3 Å². The first kappa shape index (κ1) is 23.3. The van der Waals surface area contributed by atoms with Gasteiger partial charge in [0.2, 0.25) is 0 Å². The van der Waals surface area contributed by atoms with Crippen molar-refractivity contribution in [3.05, 3.63) is 0 Å². The van der Waals surface area contributed by atoms with E-state index >= 15 is 0 Å². The topological polar surface area (TPSA) is 142 Å². The van der Waals surface area contributed by atoms with Crippen LogP contribution in [0.1, 0.15) is 32.6 Å². The predicted octanol–water partition coefficient (Wildman–Crippen LogP) is 1.58. The lowest BCUT2D eigenvalue weighted by molar-refractivity contribution is -0.0162. The normalized spacial score (nSPS) is 34.2. The molecule has 2 aliphatic heterocycles. The molecule has 2 heterocycles. The molecule has 0 aromatic heterocycles. The largest absolute Gasteiger partial charge is 0.373 e. The third-order valence-electron chi connectivity index (χ3n) is 4.05. The molecule has 156 valence electrons. The van der Waals surface area contributed by atoms with E-state index in [0.29, 0.717) is 6.42 Å². The van der Waals surface area contributed by atoms with E-state index in [1.807, 2.05) is 13.0 Å². The van der Waals surface area contributed by atoms with Crippen LogP contribution in [0.25, 0.3) is 0 Å². The Morgan fingerprint density at radius 2 is 2.15 bits per heavy atom. The van der Waals surface area contributed by atoms with Gasteiger partial charge in [0.1, 0.15) is 12.3 Å². The SMILES string of the molecule is C[C@H]1CC[C@@H](CO[PH](=O)O[C@H]2C[C@H](N)O[C@@H]2COP(O)(=S)OCCC#N)O1. The number of nitrogens with zero attached hydrogens (tertiary/aromatic N) is 1. The van der Waals surface area contributed by atoms with Gasteiger partial charge in [-0.15, -0.1) is 0 Å². The highest BCUT2D eigenvalue weighted by atomic mass is 32.5. The standard InChI is InChI=1S/C14H26N2O8P2S/c1-10-3-4-11(22-10)8-19-25(17)24-12-7-14(16)23-13(12)9-21-26(18,27)20-6-2-5-15/h10-14,25H,2-4,6-9,16H2,1H3,(H,18,27)/t10-,11-,12-,13+,14+,26?/m0/s1. The molecule has 0 aromatic rings. The van der Waals surface area contributed by atoms with E-state index in [0.717, 1.165) is 12.8 Å². The molecule has 13 heteroatoms. The highest BCUT2D eigenvalue weighted by molar-refractivity contribution is 8.07. The molecule has 10 nitrogen and oxygen atoms in total. The Kier molecular flexibility index (Phi) is 9.76. The Labute approximate surface area is 164 Å². The molecule has 2 saturated heterocycles. The molecule has 0 radical (unpaired) electrons. The quantitative estimate of drug-likeness (QED) is 0.354. The fraction of sp³-hybridized carbons (Fsp3) is 0.929. The second-order valence-electron chi connectivity index (χ2n) is 6.32. The van der Waals surface area contributed by atoms with Gasteiger partial charge in [-0.2, -0.15) is 5.26 Å². The van der Waals surface area contributed by atoms with Gasteiger partial charge in [0.25, 0.3) is 0 Å². The lowest BCUT2D eigenvalue weighted by Gasteiger charge is -2.21. The molecule has 0 spiro atoms. The first-order valence-electron chi connectivity index (χ1n) is 8.68.